The number of carbonyl (C=O) groups excluding carboxylic acids is 3. The number of anilines is 2. The number of hydrogen-bond acceptors (Lipinski definition) is 3. The van der Waals surface area contributed by atoms with E-state index in [9.17, 15) is 14.4 Å². The Morgan fingerprint density at radius 3 is 2.11 bits per heavy atom. The Morgan fingerprint density at radius 2 is 1.50 bits per heavy atom. The monoisotopic (exact) mass is 374 g/mol. The largest absolute Gasteiger partial charge is 0.322 e. The second-order valence-electron chi connectivity index (χ2n) is 7.52. The molecule has 0 bridgehead atoms. The molecule has 2 aromatic carbocycles. The van der Waals surface area contributed by atoms with Crippen molar-refractivity contribution in [3.63, 3.8) is 0 Å². The number of carbonyl (C=O) groups is 3. The van der Waals surface area contributed by atoms with Crippen molar-refractivity contribution in [3.8, 4) is 0 Å². The van der Waals surface area contributed by atoms with Crippen LogP contribution in [-0.2, 0) is 9.59 Å². The van der Waals surface area contributed by atoms with Crippen molar-refractivity contribution in [2.45, 2.75) is 26.7 Å². The summed E-state index contributed by atoms with van der Waals surface area (Å²) in [5, 5.41) is 2.90. The average Bonchev–Trinajstić information content (AvgIpc) is 2.92. The van der Waals surface area contributed by atoms with E-state index in [4.69, 9.17) is 0 Å². The van der Waals surface area contributed by atoms with Gasteiger partial charge in [-0.2, -0.15) is 0 Å². The molecular weight excluding hydrogens is 352 g/mol. The lowest BCUT2D eigenvalue weighted by molar-refractivity contribution is -0.122. The molecule has 28 heavy (non-hydrogen) atoms. The summed E-state index contributed by atoms with van der Waals surface area (Å²) in [6.45, 7) is 3.93. The number of amides is 3. The van der Waals surface area contributed by atoms with E-state index in [0.717, 1.165) is 11.1 Å². The van der Waals surface area contributed by atoms with Crippen LogP contribution in [0.15, 0.2) is 54.6 Å². The summed E-state index contributed by atoms with van der Waals surface area (Å²) in [6.07, 6.45) is 5.05. The molecule has 0 aromatic heterocycles. The topological polar surface area (TPSA) is 66.5 Å². The lowest BCUT2D eigenvalue weighted by atomic mass is 9.85. The van der Waals surface area contributed by atoms with E-state index in [2.05, 4.69) is 5.32 Å². The van der Waals surface area contributed by atoms with Crippen molar-refractivity contribution < 1.29 is 14.4 Å². The van der Waals surface area contributed by atoms with Crippen molar-refractivity contribution in [2.75, 3.05) is 10.2 Å². The minimum absolute atomic E-state index is 0.217. The van der Waals surface area contributed by atoms with Gasteiger partial charge in [0, 0.05) is 5.69 Å². The smallest absolute Gasteiger partial charge is 0.257 e. The highest BCUT2D eigenvalue weighted by molar-refractivity contribution is 6.25. The number of benzene rings is 2. The van der Waals surface area contributed by atoms with E-state index in [1.165, 1.54) is 4.90 Å². The molecule has 2 aliphatic rings. The molecule has 142 valence electrons. The molecule has 1 aliphatic heterocycles. The zero-order valence-corrected chi connectivity index (χ0v) is 15.9. The van der Waals surface area contributed by atoms with Gasteiger partial charge in [-0.05, 0) is 62.1 Å². The SMILES string of the molecule is Cc1cc(C)cc(NC(=O)c2ccccc2N2C(=O)[C@@H]3CC=CC[C@H]3C2=O)c1. The Balaban J connectivity index is 1.66. The van der Waals surface area contributed by atoms with Gasteiger partial charge in [-0.15, -0.1) is 0 Å². The van der Waals surface area contributed by atoms with Gasteiger partial charge >= 0.3 is 0 Å². The summed E-state index contributed by atoms with van der Waals surface area (Å²) >= 11 is 0. The number of nitrogens with one attached hydrogen (secondary N) is 1. The van der Waals surface area contributed by atoms with Gasteiger partial charge in [-0.25, -0.2) is 4.90 Å². The molecule has 1 N–H and O–H groups in total. The predicted octanol–water partition coefficient (Wildman–Crippen LogP) is 4.01. The number of imide groups is 1. The number of fused-ring (bicyclic) bond motifs is 1. The van der Waals surface area contributed by atoms with Crippen LogP contribution in [0.2, 0.25) is 0 Å². The average molecular weight is 374 g/mol. The van der Waals surface area contributed by atoms with Crippen LogP contribution in [0.25, 0.3) is 0 Å². The molecule has 2 atom stereocenters. The molecule has 2 aromatic rings. The van der Waals surface area contributed by atoms with Crippen LogP contribution in [0.1, 0.15) is 34.3 Å². The van der Waals surface area contributed by atoms with Gasteiger partial charge in [-0.1, -0.05) is 30.4 Å². The Bertz CT molecular complexity index is 962. The van der Waals surface area contributed by atoms with Crippen molar-refractivity contribution in [1.82, 2.24) is 0 Å². The van der Waals surface area contributed by atoms with Crippen LogP contribution < -0.4 is 10.2 Å². The number of aryl methyl sites for hydroxylation is 2. The van der Waals surface area contributed by atoms with Gasteiger partial charge < -0.3 is 5.32 Å². The normalized spacial score (nSPS) is 21.0. The van der Waals surface area contributed by atoms with Crippen LogP contribution in [0, 0.1) is 25.7 Å². The highest BCUT2D eigenvalue weighted by Gasteiger charge is 2.48. The van der Waals surface area contributed by atoms with Crippen LogP contribution in [0.4, 0.5) is 11.4 Å². The summed E-state index contributed by atoms with van der Waals surface area (Å²) < 4.78 is 0. The first-order chi connectivity index (χ1) is 13.5. The molecule has 3 amide bonds. The van der Waals surface area contributed by atoms with Gasteiger partial charge in [0.15, 0.2) is 0 Å². The van der Waals surface area contributed by atoms with E-state index in [1.807, 2.05) is 44.2 Å². The third-order valence-electron chi connectivity index (χ3n) is 5.38. The molecular formula is C23H22N2O3. The van der Waals surface area contributed by atoms with Gasteiger partial charge in [0.1, 0.15) is 0 Å². The fourth-order valence-electron chi connectivity index (χ4n) is 4.14. The number of rotatable bonds is 3. The standard InChI is InChI=1S/C23H22N2O3/c1-14-11-15(2)13-16(12-14)24-21(26)19-9-5-6-10-20(19)25-22(27)17-7-3-4-8-18(17)23(25)28/h3-6,9-13,17-18H,7-8H2,1-2H3,(H,24,26)/t17-,18-/m1/s1. The molecule has 1 saturated heterocycles. The van der Waals surface area contributed by atoms with Crippen molar-refractivity contribution in [1.29, 1.82) is 0 Å². The molecule has 5 heteroatoms. The van der Waals surface area contributed by atoms with E-state index in [1.54, 1.807) is 24.3 Å². The van der Waals surface area contributed by atoms with Crippen LogP contribution in [-0.4, -0.2) is 17.7 Å². The highest BCUT2D eigenvalue weighted by Crippen LogP contribution is 2.38. The Kier molecular flexibility index (Phi) is 4.59. The maximum absolute atomic E-state index is 13.0. The first-order valence-electron chi connectivity index (χ1n) is 9.47. The van der Waals surface area contributed by atoms with Gasteiger partial charge in [0.25, 0.3) is 5.91 Å². The van der Waals surface area contributed by atoms with E-state index >= 15 is 0 Å². The van der Waals surface area contributed by atoms with Crippen molar-refractivity contribution >= 4 is 29.1 Å². The number of nitrogens with zero attached hydrogens (tertiary/aromatic N) is 1. The first-order valence-corrected chi connectivity index (χ1v) is 9.47. The molecule has 4 rings (SSSR count). The minimum atomic E-state index is -0.339. The molecule has 0 spiro atoms. The molecule has 0 unspecified atom stereocenters. The first kappa shape index (κ1) is 18.2. The number of para-hydroxylation sites is 1. The maximum atomic E-state index is 13.0. The Hall–Kier alpha value is -3.21. The van der Waals surface area contributed by atoms with E-state index in [0.29, 0.717) is 29.8 Å². The fourth-order valence-corrected chi connectivity index (χ4v) is 4.14. The predicted molar refractivity (Wildman–Crippen MR) is 108 cm³/mol. The van der Waals surface area contributed by atoms with Gasteiger partial charge in [0.05, 0.1) is 23.1 Å². The Labute approximate surface area is 164 Å². The zero-order chi connectivity index (χ0) is 19.8. The quantitative estimate of drug-likeness (QED) is 0.652. The molecule has 5 nitrogen and oxygen atoms in total. The lowest BCUT2D eigenvalue weighted by Gasteiger charge is -2.18. The third-order valence-corrected chi connectivity index (χ3v) is 5.38. The van der Waals surface area contributed by atoms with Gasteiger partial charge in [-0.3, -0.25) is 14.4 Å². The Morgan fingerprint density at radius 1 is 0.929 bits per heavy atom. The van der Waals surface area contributed by atoms with E-state index < -0.39 is 0 Å². The van der Waals surface area contributed by atoms with Crippen LogP contribution in [0.3, 0.4) is 0 Å². The lowest BCUT2D eigenvalue weighted by Crippen LogP contribution is -2.33. The minimum Gasteiger partial charge on any atom is -0.322 e. The fraction of sp³-hybridized carbons (Fsp3) is 0.261. The number of allylic oxidation sites excluding steroid dienone is 2. The molecule has 1 fully saturated rings. The second-order valence-corrected chi connectivity index (χ2v) is 7.52. The summed E-state index contributed by atoms with van der Waals surface area (Å²) in [5.41, 5.74) is 3.45. The maximum Gasteiger partial charge on any atom is 0.257 e. The van der Waals surface area contributed by atoms with Gasteiger partial charge in [0.2, 0.25) is 11.8 Å². The van der Waals surface area contributed by atoms with Crippen molar-refractivity contribution in [2.24, 2.45) is 11.8 Å². The van der Waals surface area contributed by atoms with E-state index in [-0.39, 0.29) is 29.6 Å². The van der Waals surface area contributed by atoms with Crippen molar-refractivity contribution in [3.05, 3.63) is 71.3 Å². The highest BCUT2D eigenvalue weighted by atomic mass is 16.2. The molecule has 0 radical (unpaired) electrons. The molecule has 1 heterocycles. The van der Waals surface area contributed by atoms with Crippen LogP contribution >= 0.6 is 0 Å². The summed E-state index contributed by atoms with van der Waals surface area (Å²) in [4.78, 5) is 40.0. The molecule has 1 aliphatic carbocycles. The number of hydrogen-bond donors (Lipinski definition) is 1. The van der Waals surface area contributed by atoms with Crippen LogP contribution in [0.5, 0.6) is 0 Å². The third kappa shape index (κ3) is 3.13. The summed E-state index contributed by atoms with van der Waals surface area (Å²) in [6, 6.07) is 12.6. The summed E-state index contributed by atoms with van der Waals surface area (Å²) in [5.74, 6) is -1.42. The second kappa shape index (κ2) is 7.08. The molecule has 0 saturated carbocycles. The zero-order valence-electron chi connectivity index (χ0n) is 15.9. The summed E-state index contributed by atoms with van der Waals surface area (Å²) in [7, 11) is 0.